The molecule has 0 aliphatic rings. The van der Waals surface area contributed by atoms with Gasteiger partial charge < -0.3 is 10.1 Å². The fourth-order valence-corrected chi connectivity index (χ4v) is 2.32. The van der Waals surface area contributed by atoms with Crippen LogP contribution >= 0.6 is 15.9 Å². The van der Waals surface area contributed by atoms with Crippen LogP contribution < -0.4 is 5.32 Å². The van der Waals surface area contributed by atoms with Crippen molar-refractivity contribution in [3.05, 3.63) is 68.7 Å². The molecule has 0 heterocycles. The van der Waals surface area contributed by atoms with Gasteiger partial charge in [-0.1, -0.05) is 24.3 Å². The van der Waals surface area contributed by atoms with Gasteiger partial charge in [-0.2, -0.15) is 0 Å². The van der Waals surface area contributed by atoms with Crippen molar-refractivity contribution in [3.63, 3.8) is 0 Å². The minimum atomic E-state index is -1.12. The highest BCUT2D eigenvalue weighted by Crippen LogP contribution is 2.23. The molecule has 0 bridgehead atoms. The minimum absolute atomic E-state index is 0.0382. The van der Waals surface area contributed by atoms with E-state index in [4.69, 9.17) is 4.74 Å². The Morgan fingerprint density at radius 1 is 1.17 bits per heavy atom. The van der Waals surface area contributed by atoms with Crippen LogP contribution in [0.15, 0.2) is 53.0 Å². The highest BCUT2D eigenvalue weighted by atomic mass is 79.9. The molecular weight excluding hydrogens is 380 g/mol. The lowest BCUT2D eigenvalue weighted by molar-refractivity contribution is -0.383. The Hall–Kier alpha value is -2.74. The average molecular weight is 393 g/mol. The van der Waals surface area contributed by atoms with Crippen molar-refractivity contribution in [2.75, 3.05) is 5.32 Å². The molecule has 2 aromatic rings. The first-order valence-corrected chi connectivity index (χ1v) is 7.69. The third kappa shape index (κ3) is 4.17. The molecule has 0 unspecified atom stereocenters. The molecule has 0 saturated carbocycles. The Bertz CT molecular complexity index is 794. The number of ether oxygens (including phenoxy) is 1. The molecule has 7 nitrogen and oxygen atoms in total. The number of nitrogens with one attached hydrogen (secondary N) is 1. The number of nitrogens with zero attached hydrogens (tertiary/aromatic N) is 1. The summed E-state index contributed by atoms with van der Waals surface area (Å²) < 4.78 is 5.64. The second kappa shape index (κ2) is 7.69. The highest BCUT2D eigenvalue weighted by molar-refractivity contribution is 9.10. The van der Waals surface area contributed by atoms with Gasteiger partial charge in [-0.15, -0.1) is 0 Å². The molecule has 2 rings (SSSR count). The standard InChI is InChI=1S/C16H13BrN2O5/c1-10(24-16(21)11-6-2-3-7-12(11)17)15(20)18-13-8-4-5-9-14(13)19(22)23/h2-10H,1H3,(H,18,20)/t10-/m1/s1. The minimum Gasteiger partial charge on any atom is -0.449 e. The second-order valence-corrected chi connectivity index (χ2v) is 5.65. The first-order chi connectivity index (χ1) is 11.4. The van der Waals surface area contributed by atoms with E-state index in [0.29, 0.717) is 4.47 Å². The molecule has 1 N–H and O–H groups in total. The summed E-state index contributed by atoms with van der Waals surface area (Å²) >= 11 is 3.23. The number of nitro groups is 1. The highest BCUT2D eigenvalue weighted by Gasteiger charge is 2.22. The molecule has 8 heteroatoms. The van der Waals surface area contributed by atoms with E-state index < -0.39 is 22.9 Å². The van der Waals surface area contributed by atoms with Gasteiger partial charge >= 0.3 is 5.97 Å². The third-order valence-corrected chi connectivity index (χ3v) is 3.80. The van der Waals surface area contributed by atoms with Crippen LogP contribution in [0.2, 0.25) is 0 Å². The Labute approximate surface area is 145 Å². The number of hydrogen-bond donors (Lipinski definition) is 1. The number of nitro benzene ring substituents is 1. The lowest BCUT2D eigenvalue weighted by Crippen LogP contribution is -2.30. The summed E-state index contributed by atoms with van der Waals surface area (Å²) in [5.74, 6) is -1.34. The van der Waals surface area contributed by atoms with Crippen LogP contribution in [-0.4, -0.2) is 22.9 Å². The van der Waals surface area contributed by atoms with E-state index in [1.165, 1.54) is 25.1 Å². The van der Waals surface area contributed by atoms with E-state index in [-0.39, 0.29) is 16.9 Å². The number of amides is 1. The number of anilines is 1. The first-order valence-electron chi connectivity index (χ1n) is 6.90. The summed E-state index contributed by atoms with van der Waals surface area (Å²) in [7, 11) is 0. The van der Waals surface area contributed by atoms with E-state index in [9.17, 15) is 19.7 Å². The van der Waals surface area contributed by atoms with Crippen LogP contribution in [0, 0.1) is 10.1 Å². The lowest BCUT2D eigenvalue weighted by atomic mass is 10.2. The molecule has 0 aromatic heterocycles. The predicted octanol–water partition coefficient (Wildman–Crippen LogP) is 3.54. The maximum absolute atomic E-state index is 12.1. The molecule has 1 amide bonds. The van der Waals surface area contributed by atoms with Crippen LogP contribution in [0.3, 0.4) is 0 Å². The smallest absolute Gasteiger partial charge is 0.340 e. The predicted molar refractivity (Wildman–Crippen MR) is 90.7 cm³/mol. The molecule has 0 aliphatic carbocycles. The summed E-state index contributed by atoms with van der Waals surface area (Å²) in [6.45, 7) is 1.39. The van der Waals surface area contributed by atoms with Crippen molar-refractivity contribution < 1.29 is 19.2 Å². The molecule has 24 heavy (non-hydrogen) atoms. The van der Waals surface area contributed by atoms with Gasteiger partial charge in [0.1, 0.15) is 5.69 Å². The van der Waals surface area contributed by atoms with E-state index in [1.807, 2.05) is 0 Å². The van der Waals surface area contributed by atoms with Crippen molar-refractivity contribution in [2.24, 2.45) is 0 Å². The molecule has 1 atom stereocenters. The van der Waals surface area contributed by atoms with Gasteiger partial charge in [0, 0.05) is 10.5 Å². The Balaban J connectivity index is 2.07. The SMILES string of the molecule is C[C@@H](OC(=O)c1ccccc1Br)C(=O)Nc1ccccc1[N+](=O)[O-]. The molecular formula is C16H13BrN2O5. The van der Waals surface area contributed by atoms with Gasteiger partial charge in [0.2, 0.25) is 0 Å². The van der Waals surface area contributed by atoms with E-state index in [1.54, 1.807) is 30.3 Å². The Morgan fingerprint density at radius 2 is 1.79 bits per heavy atom. The van der Waals surface area contributed by atoms with Crippen molar-refractivity contribution >= 4 is 39.2 Å². The lowest BCUT2D eigenvalue weighted by Gasteiger charge is -2.14. The second-order valence-electron chi connectivity index (χ2n) is 4.79. The number of rotatable bonds is 5. The van der Waals surface area contributed by atoms with Gasteiger partial charge in [-0.05, 0) is 41.1 Å². The fourth-order valence-electron chi connectivity index (χ4n) is 1.88. The third-order valence-electron chi connectivity index (χ3n) is 3.11. The summed E-state index contributed by atoms with van der Waals surface area (Å²) in [5.41, 5.74) is 0.0781. The van der Waals surface area contributed by atoms with Gasteiger partial charge in [0.25, 0.3) is 11.6 Å². The summed E-state index contributed by atoms with van der Waals surface area (Å²) in [4.78, 5) is 34.5. The molecule has 0 spiro atoms. The zero-order chi connectivity index (χ0) is 17.7. The fraction of sp³-hybridized carbons (Fsp3) is 0.125. The Morgan fingerprint density at radius 3 is 2.46 bits per heavy atom. The van der Waals surface area contributed by atoms with Crippen molar-refractivity contribution in [1.82, 2.24) is 0 Å². The number of halogens is 1. The van der Waals surface area contributed by atoms with Crippen LogP contribution in [0.1, 0.15) is 17.3 Å². The van der Waals surface area contributed by atoms with Crippen molar-refractivity contribution in [2.45, 2.75) is 13.0 Å². The number of para-hydroxylation sites is 2. The maximum atomic E-state index is 12.1. The van der Waals surface area contributed by atoms with Crippen LogP contribution in [0.25, 0.3) is 0 Å². The number of hydrogen-bond acceptors (Lipinski definition) is 5. The number of benzene rings is 2. The molecule has 124 valence electrons. The van der Waals surface area contributed by atoms with Crippen LogP contribution in [-0.2, 0) is 9.53 Å². The largest absolute Gasteiger partial charge is 0.449 e. The number of carbonyl (C=O) groups excluding carboxylic acids is 2. The zero-order valence-electron chi connectivity index (χ0n) is 12.6. The van der Waals surface area contributed by atoms with Gasteiger partial charge in [0.05, 0.1) is 10.5 Å². The quantitative estimate of drug-likeness (QED) is 0.476. The normalized spacial score (nSPS) is 11.4. The Kier molecular flexibility index (Phi) is 5.64. The maximum Gasteiger partial charge on any atom is 0.340 e. The molecule has 0 aliphatic heterocycles. The molecule has 0 radical (unpaired) electrons. The average Bonchev–Trinajstić information content (AvgIpc) is 2.55. The van der Waals surface area contributed by atoms with Gasteiger partial charge in [-0.25, -0.2) is 4.79 Å². The zero-order valence-corrected chi connectivity index (χ0v) is 14.1. The first kappa shape index (κ1) is 17.6. The number of carbonyl (C=O) groups is 2. The van der Waals surface area contributed by atoms with E-state index >= 15 is 0 Å². The summed E-state index contributed by atoms with van der Waals surface area (Å²) in [6.07, 6.45) is -1.12. The molecule has 0 fully saturated rings. The van der Waals surface area contributed by atoms with Crippen molar-refractivity contribution in [1.29, 1.82) is 0 Å². The van der Waals surface area contributed by atoms with E-state index in [2.05, 4.69) is 21.2 Å². The number of esters is 1. The summed E-state index contributed by atoms with van der Waals surface area (Å²) in [5, 5.41) is 13.3. The molecule has 2 aromatic carbocycles. The van der Waals surface area contributed by atoms with Gasteiger partial charge in [-0.3, -0.25) is 14.9 Å². The monoisotopic (exact) mass is 392 g/mol. The van der Waals surface area contributed by atoms with E-state index in [0.717, 1.165) is 0 Å². The topological polar surface area (TPSA) is 98.5 Å². The van der Waals surface area contributed by atoms with Gasteiger partial charge in [0.15, 0.2) is 6.10 Å². The summed E-state index contributed by atoms with van der Waals surface area (Å²) in [6, 6.07) is 12.4. The molecule has 0 saturated heterocycles. The van der Waals surface area contributed by atoms with Crippen LogP contribution in [0.4, 0.5) is 11.4 Å². The van der Waals surface area contributed by atoms with Crippen LogP contribution in [0.5, 0.6) is 0 Å². The van der Waals surface area contributed by atoms with Crippen molar-refractivity contribution in [3.8, 4) is 0 Å².